The lowest BCUT2D eigenvalue weighted by Gasteiger charge is -2.01. The van der Waals surface area contributed by atoms with E-state index in [1.807, 2.05) is 5.38 Å². The standard InChI is InChI=1S/C12H13N3S/c13-15-11-7-16-12(14-11)10-5-4-8-2-1-3-9(8)6-10/h4-7,15H,1-3,13H2. The minimum Gasteiger partial charge on any atom is -0.308 e. The lowest BCUT2D eigenvalue weighted by Crippen LogP contribution is -2.06. The Hall–Kier alpha value is -1.39. The van der Waals surface area contributed by atoms with E-state index in [0.29, 0.717) is 0 Å². The Morgan fingerprint density at radius 2 is 2.12 bits per heavy atom. The second kappa shape index (κ2) is 3.88. The van der Waals surface area contributed by atoms with Crippen LogP contribution in [0, 0.1) is 0 Å². The van der Waals surface area contributed by atoms with Crippen molar-refractivity contribution >= 4 is 17.2 Å². The minimum absolute atomic E-state index is 0.737. The highest BCUT2D eigenvalue weighted by atomic mass is 32.1. The zero-order valence-electron chi connectivity index (χ0n) is 8.86. The maximum Gasteiger partial charge on any atom is 0.151 e. The summed E-state index contributed by atoms with van der Waals surface area (Å²) in [5.74, 6) is 6.06. The van der Waals surface area contributed by atoms with Crippen LogP contribution in [0.5, 0.6) is 0 Å². The largest absolute Gasteiger partial charge is 0.308 e. The third-order valence-corrected chi connectivity index (χ3v) is 3.89. The van der Waals surface area contributed by atoms with Crippen molar-refractivity contribution in [2.45, 2.75) is 19.3 Å². The maximum absolute atomic E-state index is 5.33. The van der Waals surface area contributed by atoms with E-state index in [9.17, 15) is 0 Å². The van der Waals surface area contributed by atoms with Gasteiger partial charge in [0.2, 0.25) is 0 Å². The number of aromatic nitrogens is 1. The first-order valence-electron chi connectivity index (χ1n) is 5.41. The van der Waals surface area contributed by atoms with Crippen molar-refractivity contribution in [1.82, 2.24) is 4.98 Å². The fourth-order valence-electron chi connectivity index (χ4n) is 2.18. The van der Waals surface area contributed by atoms with Crippen LogP contribution < -0.4 is 11.3 Å². The molecule has 0 saturated heterocycles. The summed E-state index contributed by atoms with van der Waals surface area (Å²) >= 11 is 1.62. The molecule has 2 aromatic rings. The van der Waals surface area contributed by atoms with E-state index >= 15 is 0 Å². The molecule has 4 heteroatoms. The van der Waals surface area contributed by atoms with E-state index in [0.717, 1.165) is 10.8 Å². The fourth-order valence-corrected chi connectivity index (χ4v) is 2.94. The summed E-state index contributed by atoms with van der Waals surface area (Å²) in [4.78, 5) is 4.41. The third-order valence-electron chi connectivity index (χ3n) is 3.00. The lowest BCUT2D eigenvalue weighted by atomic mass is 10.1. The number of nitrogens with zero attached hydrogens (tertiary/aromatic N) is 1. The van der Waals surface area contributed by atoms with Gasteiger partial charge in [-0.15, -0.1) is 11.3 Å². The monoisotopic (exact) mass is 231 g/mol. The molecule has 82 valence electrons. The zero-order valence-corrected chi connectivity index (χ0v) is 9.68. The number of hydrazine groups is 1. The van der Waals surface area contributed by atoms with Crippen LogP contribution in [0.15, 0.2) is 23.6 Å². The summed E-state index contributed by atoms with van der Waals surface area (Å²) < 4.78 is 0. The average Bonchev–Trinajstić information content (AvgIpc) is 2.96. The smallest absolute Gasteiger partial charge is 0.151 e. The molecule has 3 N–H and O–H groups in total. The van der Waals surface area contributed by atoms with Crippen LogP contribution in [0.25, 0.3) is 10.6 Å². The molecular weight excluding hydrogens is 218 g/mol. The van der Waals surface area contributed by atoms with E-state index in [1.54, 1.807) is 11.3 Å². The number of fused-ring (bicyclic) bond motifs is 1. The van der Waals surface area contributed by atoms with Crippen LogP contribution in [0.1, 0.15) is 17.5 Å². The highest BCUT2D eigenvalue weighted by molar-refractivity contribution is 7.13. The predicted molar refractivity (Wildman–Crippen MR) is 67.4 cm³/mol. The van der Waals surface area contributed by atoms with Gasteiger partial charge in [0, 0.05) is 10.9 Å². The van der Waals surface area contributed by atoms with Crippen LogP contribution in [-0.2, 0) is 12.8 Å². The first-order chi connectivity index (χ1) is 7.86. The molecule has 0 atom stereocenters. The maximum atomic E-state index is 5.33. The highest BCUT2D eigenvalue weighted by Crippen LogP contribution is 2.30. The Morgan fingerprint density at radius 3 is 2.94 bits per heavy atom. The van der Waals surface area contributed by atoms with Crippen LogP contribution >= 0.6 is 11.3 Å². The molecule has 1 aromatic carbocycles. The first kappa shape index (κ1) is 9.81. The highest BCUT2D eigenvalue weighted by Gasteiger charge is 2.12. The molecule has 3 nitrogen and oxygen atoms in total. The number of aryl methyl sites for hydroxylation is 2. The number of benzene rings is 1. The van der Waals surface area contributed by atoms with Crippen molar-refractivity contribution in [2.24, 2.45) is 5.84 Å². The van der Waals surface area contributed by atoms with Gasteiger partial charge in [0.05, 0.1) is 0 Å². The molecule has 0 fully saturated rings. The van der Waals surface area contributed by atoms with E-state index in [2.05, 4.69) is 28.6 Å². The Bertz CT molecular complexity index is 519. The number of hydrogen-bond donors (Lipinski definition) is 2. The molecule has 0 radical (unpaired) electrons. The number of nitrogens with one attached hydrogen (secondary N) is 1. The van der Waals surface area contributed by atoms with Gasteiger partial charge in [0.15, 0.2) is 5.82 Å². The Morgan fingerprint density at radius 1 is 1.25 bits per heavy atom. The molecule has 1 aliphatic carbocycles. The number of nitrogen functional groups attached to an aromatic ring is 1. The number of rotatable bonds is 2. The summed E-state index contributed by atoms with van der Waals surface area (Å²) in [7, 11) is 0. The van der Waals surface area contributed by atoms with E-state index in [-0.39, 0.29) is 0 Å². The quantitative estimate of drug-likeness (QED) is 0.617. The Labute approximate surface area is 98.3 Å². The summed E-state index contributed by atoms with van der Waals surface area (Å²) in [6, 6.07) is 6.65. The van der Waals surface area contributed by atoms with Gasteiger partial charge >= 0.3 is 0 Å². The van der Waals surface area contributed by atoms with Crippen molar-refractivity contribution < 1.29 is 0 Å². The summed E-state index contributed by atoms with van der Waals surface area (Å²) in [6.45, 7) is 0. The van der Waals surface area contributed by atoms with E-state index in [4.69, 9.17) is 5.84 Å². The van der Waals surface area contributed by atoms with Crippen LogP contribution in [0.4, 0.5) is 5.82 Å². The topological polar surface area (TPSA) is 50.9 Å². The average molecular weight is 231 g/mol. The van der Waals surface area contributed by atoms with Crippen LogP contribution in [-0.4, -0.2) is 4.98 Å². The summed E-state index contributed by atoms with van der Waals surface area (Å²) in [5, 5.41) is 2.96. The molecule has 0 spiro atoms. The molecule has 16 heavy (non-hydrogen) atoms. The number of thiazole rings is 1. The molecule has 1 aromatic heterocycles. The zero-order chi connectivity index (χ0) is 11.0. The number of anilines is 1. The fraction of sp³-hybridized carbons (Fsp3) is 0.250. The lowest BCUT2D eigenvalue weighted by molar-refractivity contribution is 0.912. The van der Waals surface area contributed by atoms with Crippen molar-refractivity contribution in [2.75, 3.05) is 5.43 Å². The first-order valence-corrected chi connectivity index (χ1v) is 6.29. The molecular formula is C12H13N3S. The van der Waals surface area contributed by atoms with Gasteiger partial charge in [-0.1, -0.05) is 12.1 Å². The van der Waals surface area contributed by atoms with Crippen molar-refractivity contribution in [3.63, 3.8) is 0 Å². The van der Waals surface area contributed by atoms with Gasteiger partial charge in [-0.25, -0.2) is 10.8 Å². The van der Waals surface area contributed by atoms with Gasteiger partial charge in [0.1, 0.15) is 5.01 Å². The Kier molecular flexibility index (Phi) is 2.38. The van der Waals surface area contributed by atoms with Crippen molar-refractivity contribution in [1.29, 1.82) is 0 Å². The van der Waals surface area contributed by atoms with E-state index in [1.165, 1.54) is 36.0 Å². The summed E-state index contributed by atoms with van der Waals surface area (Å²) in [5.41, 5.74) is 6.75. The molecule has 0 aliphatic heterocycles. The van der Waals surface area contributed by atoms with Crippen molar-refractivity contribution in [3.05, 3.63) is 34.7 Å². The SMILES string of the molecule is NNc1csc(-c2ccc3c(c2)CCC3)n1. The van der Waals surface area contributed by atoms with Gasteiger partial charge in [-0.3, -0.25) is 0 Å². The number of nitrogens with two attached hydrogens (primary N) is 1. The predicted octanol–water partition coefficient (Wildman–Crippen LogP) is 2.58. The molecule has 1 aliphatic rings. The second-order valence-corrected chi connectivity index (χ2v) is 4.88. The van der Waals surface area contributed by atoms with Crippen molar-refractivity contribution in [3.8, 4) is 10.6 Å². The third kappa shape index (κ3) is 1.60. The normalized spacial score (nSPS) is 13.8. The molecule has 1 heterocycles. The minimum atomic E-state index is 0.737. The van der Waals surface area contributed by atoms with Crippen LogP contribution in [0.3, 0.4) is 0 Å². The molecule has 0 amide bonds. The molecule has 0 unspecified atom stereocenters. The van der Waals surface area contributed by atoms with Gasteiger partial charge in [-0.2, -0.15) is 0 Å². The van der Waals surface area contributed by atoms with Crippen LogP contribution in [0.2, 0.25) is 0 Å². The van der Waals surface area contributed by atoms with Gasteiger partial charge < -0.3 is 5.43 Å². The van der Waals surface area contributed by atoms with Gasteiger partial charge in [0.25, 0.3) is 0 Å². The number of hydrogen-bond acceptors (Lipinski definition) is 4. The molecule has 0 saturated carbocycles. The molecule has 0 bridgehead atoms. The summed E-state index contributed by atoms with van der Waals surface area (Å²) in [6.07, 6.45) is 3.71. The second-order valence-electron chi connectivity index (χ2n) is 4.02. The Balaban J connectivity index is 2.00. The van der Waals surface area contributed by atoms with Gasteiger partial charge in [-0.05, 0) is 36.5 Å². The molecule has 3 rings (SSSR count). The van der Waals surface area contributed by atoms with E-state index < -0.39 is 0 Å².